The van der Waals surface area contributed by atoms with Gasteiger partial charge in [-0.2, -0.15) is 0 Å². The fraction of sp³-hybridized carbons (Fsp3) is 0.286. The van der Waals surface area contributed by atoms with Crippen LogP contribution in [-0.4, -0.2) is 17.0 Å². The Balaban J connectivity index is 2.84. The van der Waals surface area contributed by atoms with E-state index in [1.54, 1.807) is 12.1 Å². The molecule has 4 heteroatoms. The minimum absolute atomic E-state index is 0.315. The van der Waals surface area contributed by atoms with Gasteiger partial charge in [-0.05, 0) is 24.5 Å². The predicted molar refractivity (Wildman–Crippen MR) is 69.3 cm³/mol. The molecule has 4 nitrogen and oxygen atoms in total. The molecule has 0 aliphatic rings. The number of aryl methyl sites for hydroxylation is 1. The largest absolute Gasteiger partial charge is 0.477 e. The van der Waals surface area contributed by atoms with Gasteiger partial charge in [-0.15, -0.1) is 0 Å². The fourth-order valence-corrected chi connectivity index (χ4v) is 1.58. The third-order valence-corrected chi connectivity index (χ3v) is 2.58. The first-order valence-electron chi connectivity index (χ1n) is 5.87. The van der Waals surface area contributed by atoms with Crippen LogP contribution >= 0.6 is 0 Å². The van der Waals surface area contributed by atoms with Gasteiger partial charge in [0.1, 0.15) is 5.70 Å². The van der Waals surface area contributed by atoms with Crippen molar-refractivity contribution in [1.82, 2.24) is 5.32 Å². The second kappa shape index (κ2) is 6.59. The maximum Gasteiger partial charge on any atom is 0.351 e. The molecule has 0 aliphatic carbocycles. The molecule has 2 N–H and O–H groups in total. The molecule has 1 rings (SSSR count). The zero-order chi connectivity index (χ0) is 13.5. The molecule has 0 aliphatic heterocycles. The Morgan fingerprint density at radius 2 is 2.00 bits per heavy atom. The van der Waals surface area contributed by atoms with Crippen LogP contribution in [0.5, 0.6) is 0 Å². The highest BCUT2D eigenvalue weighted by atomic mass is 16.4. The topological polar surface area (TPSA) is 66.4 Å². The third-order valence-electron chi connectivity index (χ3n) is 2.58. The molecule has 0 radical (unpaired) electrons. The summed E-state index contributed by atoms with van der Waals surface area (Å²) in [5.41, 5.74) is 1.12. The van der Waals surface area contributed by atoms with Crippen LogP contribution in [0.15, 0.2) is 36.5 Å². The number of unbranched alkanes of at least 4 members (excludes halogenated alkanes) is 1. The SMILES string of the molecule is C=C(NC(=O)c1ccccc1CCCC)C(=O)O. The van der Waals surface area contributed by atoms with Gasteiger partial charge in [-0.3, -0.25) is 4.79 Å². The Labute approximate surface area is 106 Å². The molecule has 0 saturated carbocycles. The zero-order valence-corrected chi connectivity index (χ0v) is 10.4. The van der Waals surface area contributed by atoms with E-state index in [2.05, 4.69) is 18.8 Å². The number of aliphatic carboxylic acids is 1. The average molecular weight is 247 g/mol. The molecule has 0 atom stereocenters. The van der Waals surface area contributed by atoms with Crippen molar-refractivity contribution >= 4 is 11.9 Å². The van der Waals surface area contributed by atoms with Crippen molar-refractivity contribution in [2.24, 2.45) is 0 Å². The first kappa shape index (κ1) is 14.0. The van der Waals surface area contributed by atoms with Gasteiger partial charge >= 0.3 is 5.97 Å². The van der Waals surface area contributed by atoms with Gasteiger partial charge in [0.15, 0.2) is 0 Å². The summed E-state index contributed by atoms with van der Waals surface area (Å²) in [6, 6.07) is 7.20. The number of amides is 1. The maximum absolute atomic E-state index is 11.9. The number of nitrogens with one attached hydrogen (secondary N) is 1. The quantitative estimate of drug-likeness (QED) is 0.758. The first-order valence-corrected chi connectivity index (χ1v) is 5.87. The minimum Gasteiger partial charge on any atom is -0.477 e. The van der Waals surface area contributed by atoms with Crippen molar-refractivity contribution in [2.75, 3.05) is 0 Å². The molecule has 0 saturated heterocycles. The summed E-state index contributed by atoms with van der Waals surface area (Å²) in [5.74, 6) is -1.65. The van der Waals surface area contributed by atoms with E-state index in [-0.39, 0.29) is 5.70 Å². The third kappa shape index (κ3) is 3.73. The summed E-state index contributed by atoms with van der Waals surface area (Å²) in [4.78, 5) is 22.5. The molecule has 0 aromatic heterocycles. The highest BCUT2D eigenvalue weighted by Crippen LogP contribution is 2.12. The van der Waals surface area contributed by atoms with Gasteiger partial charge in [-0.1, -0.05) is 38.1 Å². The normalized spacial score (nSPS) is 9.83. The number of hydrogen-bond acceptors (Lipinski definition) is 2. The lowest BCUT2D eigenvalue weighted by Gasteiger charge is -2.09. The Bertz CT molecular complexity index is 466. The molecular formula is C14H17NO3. The first-order chi connectivity index (χ1) is 8.56. The second-order valence-corrected chi connectivity index (χ2v) is 4.00. The summed E-state index contributed by atoms with van der Waals surface area (Å²) in [7, 11) is 0. The van der Waals surface area contributed by atoms with Gasteiger partial charge in [0, 0.05) is 5.56 Å². The van der Waals surface area contributed by atoms with Gasteiger partial charge in [0.25, 0.3) is 5.91 Å². The highest BCUT2D eigenvalue weighted by molar-refractivity contribution is 6.01. The summed E-state index contributed by atoms with van der Waals surface area (Å²) in [5, 5.41) is 11.0. The Kier molecular flexibility index (Phi) is 5.11. The lowest BCUT2D eigenvalue weighted by atomic mass is 10.0. The van der Waals surface area contributed by atoms with Gasteiger partial charge < -0.3 is 10.4 Å². The molecule has 0 spiro atoms. The van der Waals surface area contributed by atoms with E-state index in [9.17, 15) is 9.59 Å². The average Bonchev–Trinajstić information content (AvgIpc) is 2.36. The van der Waals surface area contributed by atoms with Crippen molar-refractivity contribution in [2.45, 2.75) is 26.2 Å². The fourth-order valence-electron chi connectivity index (χ4n) is 1.58. The van der Waals surface area contributed by atoms with Gasteiger partial charge in [0.2, 0.25) is 0 Å². The van der Waals surface area contributed by atoms with Crippen LogP contribution < -0.4 is 5.32 Å². The van der Waals surface area contributed by atoms with Crippen LogP contribution in [-0.2, 0) is 11.2 Å². The van der Waals surface area contributed by atoms with E-state index in [0.29, 0.717) is 5.56 Å². The molecule has 0 heterocycles. The molecule has 1 aromatic carbocycles. The standard InChI is InChI=1S/C14H17NO3/c1-3-4-7-11-8-5-6-9-12(11)13(16)15-10(2)14(17)18/h5-6,8-9H,2-4,7H2,1H3,(H,15,16)(H,17,18). The van der Waals surface area contributed by atoms with Crippen LogP contribution in [0.2, 0.25) is 0 Å². The Morgan fingerprint density at radius 3 is 2.61 bits per heavy atom. The smallest absolute Gasteiger partial charge is 0.351 e. The molecular weight excluding hydrogens is 230 g/mol. The van der Waals surface area contributed by atoms with E-state index >= 15 is 0 Å². The summed E-state index contributed by atoms with van der Waals surface area (Å²) in [6.07, 6.45) is 2.83. The predicted octanol–water partition coefficient (Wildman–Crippen LogP) is 2.36. The van der Waals surface area contributed by atoms with Crippen LogP contribution in [0.25, 0.3) is 0 Å². The Hall–Kier alpha value is -2.10. The summed E-state index contributed by atoms with van der Waals surface area (Å²) >= 11 is 0. The minimum atomic E-state index is -1.23. The van der Waals surface area contributed by atoms with Crippen LogP contribution in [0.3, 0.4) is 0 Å². The van der Waals surface area contributed by atoms with Crippen molar-refractivity contribution < 1.29 is 14.7 Å². The number of carbonyl (C=O) groups is 2. The molecule has 18 heavy (non-hydrogen) atoms. The van der Waals surface area contributed by atoms with E-state index < -0.39 is 11.9 Å². The molecule has 0 fully saturated rings. The zero-order valence-electron chi connectivity index (χ0n) is 10.4. The lowest BCUT2D eigenvalue weighted by molar-refractivity contribution is -0.132. The van der Waals surface area contributed by atoms with E-state index in [4.69, 9.17) is 5.11 Å². The van der Waals surface area contributed by atoms with Crippen molar-refractivity contribution in [1.29, 1.82) is 0 Å². The summed E-state index contributed by atoms with van der Waals surface area (Å²) < 4.78 is 0. The molecule has 96 valence electrons. The van der Waals surface area contributed by atoms with E-state index in [1.807, 2.05) is 12.1 Å². The van der Waals surface area contributed by atoms with Crippen LogP contribution in [0.1, 0.15) is 35.7 Å². The lowest BCUT2D eigenvalue weighted by Crippen LogP contribution is -2.27. The number of carboxylic acids is 1. The van der Waals surface area contributed by atoms with E-state index in [1.165, 1.54) is 0 Å². The highest BCUT2D eigenvalue weighted by Gasteiger charge is 2.13. The molecule has 1 aromatic rings. The van der Waals surface area contributed by atoms with E-state index in [0.717, 1.165) is 24.8 Å². The molecule has 0 bridgehead atoms. The van der Waals surface area contributed by atoms with Crippen LogP contribution in [0.4, 0.5) is 0 Å². The molecule has 0 unspecified atom stereocenters. The molecule has 1 amide bonds. The number of hydrogen-bond donors (Lipinski definition) is 2. The van der Waals surface area contributed by atoms with Crippen molar-refractivity contribution in [3.05, 3.63) is 47.7 Å². The number of rotatable bonds is 6. The van der Waals surface area contributed by atoms with Gasteiger partial charge in [0.05, 0.1) is 0 Å². The number of carboxylic acid groups (broad SMARTS) is 1. The van der Waals surface area contributed by atoms with Crippen molar-refractivity contribution in [3.63, 3.8) is 0 Å². The maximum atomic E-state index is 11.9. The van der Waals surface area contributed by atoms with Crippen molar-refractivity contribution in [3.8, 4) is 0 Å². The number of benzene rings is 1. The monoisotopic (exact) mass is 247 g/mol. The van der Waals surface area contributed by atoms with Gasteiger partial charge in [-0.25, -0.2) is 4.79 Å². The second-order valence-electron chi connectivity index (χ2n) is 4.00. The Morgan fingerprint density at radius 1 is 1.33 bits per heavy atom. The van der Waals surface area contributed by atoms with Crippen LogP contribution in [0, 0.1) is 0 Å². The number of carbonyl (C=O) groups excluding carboxylic acids is 1. The summed E-state index contributed by atoms with van der Waals surface area (Å²) in [6.45, 7) is 5.36.